The highest BCUT2D eigenvalue weighted by atomic mass is 35.5. The number of carbonyl (C=O) groups is 2. The van der Waals surface area contributed by atoms with Crippen molar-refractivity contribution in [2.75, 3.05) is 16.4 Å². The molecule has 2 aromatic heterocycles. The number of carbonyl (C=O) groups excluding carboxylic acids is 2. The zero-order valence-electron chi connectivity index (χ0n) is 14.8. The van der Waals surface area contributed by atoms with Crippen molar-refractivity contribution >= 4 is 57.3 Å². The molecule has 0 aliphatic carbocycles. The quantitative estimate of drug-likeness (QED) is 0.520. The maximum Gasteiger partial charge on any atom is 0.236 e. The molecule has 0 saturated carbocycles. The summed E-state index contributed by atoms with van der Waals surface area (Å²) in [6.45, 7) is 2.49. The molecule has 3 aromatic rings. The standard InChI is InChI=1S/C16H16ClN7O2S2/c1-2-24-12(7-13(25)19-11-6-4-3-5-10(11)17)21-23-16(24)27-8-14(26)20-15-22-18-9-28-15/h3-6,9H,2,7-8H2,1H3,(H,19,25)(H,20,22,26). The summed E-state index contributed by atoms with van der Waals surface area (Å²) >= 11 is 8.54. The summed E-state index contributed by atoms with van der Waals surface area (Å²) in [6.07, 6.45) is 0.0452. The number of halogens is 1. The minimum Gasteiger partial charge on any atom is -0.324 e. The third-order valence-corrected chi connectivity index (χ3v) is 5.42. The van der Waals surface area contributed by atoms with E-state index in [0.29, 0.717) is 33.4 Å². The van der Waals surface area contributed by atoms with Gasteiger partial charge in [-0.2, -0.15) is 0 Å². The van der Waals surface area contributed by atoms with Crippen molar-refractivity contribution in [1.29, 1.82) is 0 Å². The van der Waals surface area contributed by atoms with E-state index in [1.54, 1.807) is 28.8 Å². The van der Waals surface area contributed by atoms with Crippen LogP contribution in [0.2, 0.25) is 5.02 Å². The van der Waals surface area contributed by atoms with Crippen LogP contribution in [-0.2, 0) is 22.6 Å². The fourth-order valence-electron chi connectivity index (χ4n) is 2.29. The van der Waals surface area contributed by atoms with Gasteiger partial charge in [-0.1, -0.05) is 46.8 Å². The number of rotatable bonds is 8. The third kappa shape index (κ3) is 5.27. The smallest absolute Gasteiger partial charge is 0.236 e. The molecule has 9 nitrogen and oxygen atoms in total. The molecular weight excluding hydrogens is 422 g/mol. The van der Waals surface area contributed by atoms with Gasteiger partial charge in [0.1, 0.15) is 11.3 Å². The van der Waals surface area contributed by atoms with E-state index in [9.17, 15) is 9.59 Å². The van der Waals surface area contributed by atoms with E-state index in [2.05, 4.69) is 31.0 Å². The van der Waals surface area contributed by atoms with E-state index in [1.165, 1.54) is 28.6 Å². The van der Waals surface area contributed by atoms with Crippen LogP contribution in [0.4, 0.5) is 10.8 Å². The average molecular weight is 438 g/mol. The van der Waals surface area contributed by atoms with Gasteiger partial charge in [0.2, 0.25) is 16.9 Å². The first-order valence-corrected chi connectivity index (χ1v) is 10.5. The van der Waals surface area contributed by atoms with Crippen LogP contribution in [0, 0.1) is 0 Å². The molecule has 3 rings (SSSR count). The normalized spacial score (nSPS) is 10.6. The summed E-state index contributed by atoms with van der Waals surface area (Å²) in [5.41, 5.74) is 2.08. The molecule has 0 saturated heterocycles. The second-order valence-corrected chi connectivity index (χ2v) is 7.61. The van der Waals surface area contributed by atoms with Crippen molar-refractivity contribution in [2.45, 2.75) is 25.0 Å². The topological polar surface area (TPSA) is 115 Å². The van der Waals surface area contributed by atoms with Gasteiger partial charge in [0.15, 0.2) is 5.16 Å². The molecule has 0 atom stereocenters. The zero-order chi connectivity index (χ0) is 19.9. The Morgan fingerprint density at radius 1 is 1.18 bits per heavy atom. The predicted molar refractivity (Wildman–Crippen MR) is 109 cm³/mol. The average Bonchev–Trinajstić information content (AvgIpc) is 3.31. The lowest BCUT2D eigenvalue weighted by Gasteiger charge is -2.09. The first-order chi connectivity index (χ1) is 13.6. The summed E-state index contributed by atoms with van der Waals surface area (Å²) in [4.78, 5) is 24.3. The van der Waals surface area contributed by atoms with Gasteiger partial charge in [0, 0.05) is 6.54 Å². The van der Waals surface area contributed by atoms with Crippen LogP contribution in [0.3, 0.4) is 0 Å². The van der Waals surface area contributed by atoms with E-state index in [4.69, 9.17) is 11.6 Å². The molecule has 146 valence electrons. The lowest BCUT2D eigenvalue weighted by Crippen LogP contribution is -2.18. The van der Waals surface area contributed by atoms with Crippen LogP contribution >= 0.6 is 34.7 Å². The molecule has 2 amide bonds. The SMILES string of the molecule is CCn1c(CC(=O)Nc2ccccc2Cl)nnc1SCC(=O)Nc1nncs1. The Morgan fingerprint density at radius 3 is 2.71 bits per heavy atom. The van der Waals surface area contributed by atoms with Gasteiger partial charge in [-0.15, -0.1) is 20.4 Å². The highest BCUT2D eigenvalue weighted by Crippen LogP contribution is 2.21. The molecule has 1 aromatic carbocycles. The molecule has 0 unspecified atom stereocenters. The van der Waals surface area contributed by atoms with E-state index < -0.39 is 0 Å². The number of nitrogens with one attached hydrogen (secondary N) is 2. The number of amides is 2. The lowest BCUT2D eigenvalue weighted by molar-refractivity contribution is -0.116. The predicted octanol–water partition coefficient (Wildman–Crippen LogP) is 2.71. The highest BCUT2D eigenvalue weighted by Gasteiger charge is 2.17. The van der Waals surface area contributed by atoms with Crippen molar-refractivity contribution in [3.05, 3.63) is 40.6 Å². The van der Waals surface area contributed by atoms with E-state index >= 15 is 0 Å². The fourth-order valence-corrected chi connectivity index (χ4v) is 3.75. The minimum atomic E-state index is -0.249. The number of nitrogens with zero attached hydrogens (tertiary/aromatic N) is 5. The van der Waals surface area contributed by atoms with Gasteiger partial charge in [-0.25, -0.2) is 0 Å². The van der Waals surface area contributed by atoms with Crippen LogP contribution < -0.4 is 10.6 Å². The van der Waals surface area contributed by atoms with Crippen molar-refractivity contribution in [2.24, 2.45) is 0 Å². The van der Waals surface area contributed by atoms with E-state index in [1.807, 2.05) is 6.92 Å². The van der Waals surface area contributed by atoms with Gasteiger partial charge in [-0.05, 0) is 19.1 Å². The Bertz CT molecular complexity index is 962. The van der Waals surface area contributed by atoms with E-state index in [-0.39, 0.29) is 24.0 Å². The molecule has 12 heteroatoms. The lowest BCUT2D eigenvalue weighted by atomic mass is 10.3. The Balaban J connectivity index is 1.59. The minimum absolute atomic E-state index is 0.0452. The first kappa shape index (κ1) is 20.2. The molecule has 0 spiro atoms. The summed E-state index contributed by atoms with van der Waals surface area (Å²) in [5.74, 6) is 0.189. The van der Waals surface area contributed by atoms with Gasteiger partial charge in [0.05, 0.1) is 22.9 Å². The molecule has 2 heterocycles. The van der Waals surface area contributed by atoms with Crippen molar-refractivity contribution in [3.63, 3.8) is 0 Å². The Kier molecular flexibility index (Phi) is 6.95. The Hall–Kier alpha value is -2.50. The maximum atomic E-state index is 12.3. The molecule has 0 fully saturated rings. The monoisotopic (exact) mass is 437 g/mol. The molecular formula is C16H16ClN7O2S2. The number of para-hydroxylation sites is 1. The summed E-state index contributed by atoms with van der Waals surface area (Å²) in [7, 11) is 0. The number of anilines is 2. The number of hydrogen-bond acceptors (Lipinski definition) is 8. The Labute approximate surface area is 173 Å². The zero-order valence-corrected chi connectivity index (χ0v) is 17.1. The summed E-state index contributed by atoms with van der Waals surface area (Å²) in [5, 5.41) is 22.5. The number of aromatic nitrogens is 5. The first-order valence-electron chi connectivity index (χ1n) is 8.22. The Morgan fingerprint density at radius 2 is 2.00 bits per heavy atom. The number of hydrogen-bond donors (Lipinski definition) is 2. The van der Waals surface area contributed by atoms with Gasteiger partial charge in [-0.3, -0.25) is 14.9 Å². The second kappa shape index (κ2) is 9.62. The molecule has 2 N–H and O–H groups in total. The van der Waals surface area contributed by atoms with Crippen LogP contribution in [0.1, 0.15) is 12.7 Å². The molecule has 0 bridgehead atoms. The fraction of sp³-hybridized carbons (Fsp3) is 0.250. The third-order valence-electron chi connectivity index (χ3n) is 3.52. The van der Waals surface area contributed by atoms with Crippen molar-refractivity contribution in [3.8, 4) is 0 Å². The molecule has 0 radical (unpaired) electrons. The summed E-state index contributed by atoms with van der Waals surface area (Å²) < 4.78 is 1.80. The maximum absolute atomic E-state index is 12.3. The van der Waals surface area contributed by atoms with E-state index in [0.717, 1.165) is 0 Å². The molecule has 0 aliphatic rings. The second-order valence-electron chi connectivity index (χ2n) is 5.43. The van der Waals surface area contributed by atoms with Crippen LogP contribution in [-0.4, -0.2) is 42.5 Å². The van der Waals surface area contributed by atoms with Gasteiger partial charge < -0.3 is 9.88 Å². The highest BCUT2D eigenvalue weighted by molar-refractivity contribution is 7.99. The van der Waals surface area contributed by atoms with Crippen LogP contribution in [0.15, 0.2) is 34.9 Å². The molecule has 0 aliphatic heterocycles. The number of benzene rings is 1. The summed E-state index contributed by atoms with van der Waals surface area (Å²) in [6, 6.07) is 7.00. The van der Waals surface area contributed by atoms with Gasteiger partial charge in [0.25, 0.3) is 0 Å². The van der Waals surface area contributed by atoms with Crippen LogP contribution in [0.5, 0.6) is 0 Å². The number of thioether (sulfide) groups is 1. The van der Waals surface area contributed by atoms with Crippen LogP contribution in [0.25, 0.3) is 0 Å². The molecule has 28 heavy (non-hydrogen) atoms. The van der Waals surface area contributed by atoms with Crippen molar-refractivity contribution < 1.29 is 9.59 Å². The van der Waals surface area contributed by atoms with Crippen molar-refractivity contribution in [1.82, 2.24) is 25.0 Å². The largest absolute Gasteiger partial charge is 0.324 e. The van der Waals surface area contributed by atoms with Gasteiger partial charge >= 0.3 is 0 Å².